The Balaban J connectivity index is 2.03. The molecule has 1 aromatic carbocycles. The summed E-state index contributed by atoms with van der Waals surface area (Å²) in [6.45, 7) is 2.12. The molecule has 1 unspecified atom stereocenters. The average Bonchev–Trinajstić information content (AvgIpc) is 2.73. The van der Waals surface area contributed by atoms with Gasteiger partial charge in [0.05, 0.1) is 6.04 Å². The van der Waals surface area contributed by atoms with E-state index in [9.17, 15) is 32.3 Å². The molecule has 0 aliphatic carbocycles. The number of benzene rings is 1. The van der Waals surface area contributed by atoms with E-state index in [-0.39, 0.29) is 12.1 Å². The van der Waals surface area contributed by atoms with Crippen LogP contribution in [0.5, 0.6) is 0 Å². The maximum Gasteiger partial charge on any atom is 0.452 e. The molecule has 0 aliphatic heterocycles. The van der Waals surface area contributed by atoms with E-state index in [1.807, 2.05) is 35.6 Å². The van der Waals surface area contributed by atoms with Gasteiger partial charge >= 0.3 is 6.18 Å². The van der Waals surface area contributed by atoms with E-state index in [1.165, 1.54) is 32.2 Å². The van der Waals surface area contributed by atoms with Crippen molar-refractivity contribution in [1.29, 1.82) is 0 Å². The van der Waals surface area contributed by atoms with Crippen LogP contribution in [-0.2, 0) is 27.3 Å². The highest BCUT2D eigenvalue weighted by Crippen LogP contribution is 2.21. The van der Waals surface area contributed by atoms with Crippen LogP contribution in [0.2, 0.25) is 0 Å². The van der Waals surface area contributed by atoms with Gasteiger partial charge < -0.3 is 15.2 Å². The fraction of sp³-hybridized carbons (Fsp3) is 0.364. The van der Waals surface area contributed by atoms with Gasteiger partial charge in [-0.3, -0.25) is 19.2 Å². The normalized spacial score (nSPS) is 12.3. The Labute approximate surface area is 182 Å². The Kier molecular flexibility index (Phi) is 8.34. The predicted octanol–water partition coefficient (Wildman–Crippen LogP) is 2.69. The van der Waals surface area contributed by atoms with E-state index in [0.717, 1.165) is 10.1 Å². The van der Waals surface area contributed by atoms with Crippen molar-refractivity contribution in [3.8, 4) is 0 Å². The first-order valence-corrected chi connectivity index (χ1v) is 9.92. The average molecular weight is 451 g/mol. The summed E-state index contributed by atoms with van der Waals surface area (Å²) in [5.74, 6) is -4.20. The number of halogens is 3. The van der Waals surface area contributed by atoms with Gasteiger partial charge in [0.2, 0.25) is 11.8 Å². The number of hydrogen-bond acceptors (Lipinski definition) is 4. The number of nitrogens with zero attached hydrogens (tertiary/aromatic N) is 1. The van der Waals surface area contributed by atoms with E-state index in [0.29, 0.717) is 6.42 Å². The third-order valence-electron chi connectivity index (χ3n) is 4.64. The highest BCUT2D eigenvalue weighted by molar-refractivity contribution is 5.93. The summed E-state index contributed by atoms with van der Waals surface area (Å²) in [6.07, 6.45) is -3.23. The smallest absolute Gasteiger partial charge is 0.344 e. The first kappa shape index (κ1) is 24.8. The second-order valence-electron chi connectivity index (χ2n) is 7.54. The minimum absolute atomic E-state index is 0.0647. The van der Waals surface area contributed by atoms with Gasteiger partial charge in [-0.05, 0) is 30.0 Å². The molecule has 1 heterocycles. The predicted molar refractivity (Wildman–Crippen MR) is 112 cm³/mol. The molecule has 2 rings (SSSR count). The Morgan fingerprint density at radius 2 is 1.66 bits per heavy atom. The first-order valence-electron chi connectivity index (χ1n) is 9.92. The maximum atomic E-state index is 12.8. The molecule has 0 saturated carbocycles. The second-order valence-corrected chi connectivity index (χ2v) is 7.54. The zero-order valence-electron chi connectivity index (χ0n) is 17.6. The van der Waals surface area contributed by atoms with Gasteiger partial charge in [-0.2, -0.15) is 13.2 Å². The maximum absolute atomic E-state index is 12.8. The SMILES string of the molecule is CC(C)C(NC(=O)Cn1cccc(NC(=O)CCc2ccccc2)c1=O)C(=O)C(F)(F)F. The summed E-state index contributed by atoms with van der Waals surface area (Å²) in [5.41, 5.74) is 0.196. The van der Waals surface area contributed by atoms with Gasteiger partial charge in [0.15, 0.2) is 0 Å². The van der Waals surface area contributed by atoms with Crippen LogP contribution >= 0.6 is 0 Å². The lowest BCUT2D eigenvalue weighted by Crippen LogP contribution is -2.50. The number of ketones is 1. The first-order chi connectivity index (χ1) is 15.0. The van der Waals surface area contributed by atoms with Crippen LogP contribution in [-0.4, -0.2) is 34.4 Å². The largest absolute Gasteiger partial charge is 0.452 e. The molecule has 2 N–H and O–H groups in total. The molecule has 0 aliphatic rings. The van der Waals surface area contributed by atoms with Crippen LogP contribution in [0.15, 0.2) is 53.5 Å². The fourth-order valence-electron chi connectivity index (χ4n) is 2.96. The lowest BCUT2D eigenvalue weighted by atomic mass is 9.99. The Bertz CT molecular complexity index is 1020. The van der Waals surface area contributed by atoms with Crippen molar-refractivity contribution in [1.82, 2.24) is 9.88 Å². The van der Waals surface area contributed by atoms with Crippen LogP contribution < -0.4 is 16.2 Å². The third-order valence-corrected chi connectivity index (χ3v) is 4.64. The van der Waals surface area contributed by atoms with Gasteiger partial charge in [-0.1, -0.05) is 44.2 Å². The molecule has 0 spiro atoms. The minimum atomic E-state index is -5.09. The number of aromatic nitrogens is 1. The van der Waals surface area contributed by atoms with Gasteiger partial charge in [-0.25, -0.2) is 0 Å². The number of nitrogens with one attached hydrogen (secondary N) is 2. The molecule has 0 fully saturated rings. The minimum Gasteiger partial charge on any atom is -0.344 e. The van der Waals surface area contributed by atoms with Crippen LogP contribution in [0.3, 0.4) is 0 Å². The molecule has 0 bridgehead atoms. The number of rotatable bonds is 9. The lowest BCUT2D eigenvalue weighted by molar-refractivity contribution is -0.174. The lowest BCUT2D eigenvalue weighted by Gasteiger charge is -2.22. The van der Waals surface area contributed by atoms with Gasteiger partial charge in [0.1, 0.15) is 12.2 Å². The molecule has 1 atom stereocenters. The molecule has 1 aromatic heterocycles. The number of hydrogen-bond donors (Lipinski definition) is 2. The van der Waals surface area contributed by atoms with Crippen LogP contribution in [0.25, 0.3) is 0 Å². The van der Waals surface area contributed by atoms with Crippen molar-refractivity contribution in [3.63, 3.8) is 0 Å². The molecule has 172 valence electrons. The quantitative estimate of drug-likeness (QED) is 0.613. The molecular weight excluding hydrogens is 427 g/mol. The topological polar surface area (TPSA) is 97.3 Å². The van der Waals surface area contributed by atoms with E-state index in [2.05, 4.69) is 5.32 Å². The standard InChI is InChI=1S/C22H24F3N3O4/c1-14(2)19(20(31)22(23,24)25)27-18(30)13-28-12-6-9-16(21(28)32)26-17(29)11-10-15-7-4-3-5-8-15/h3-9,12,14,19H,10-11,13H2,1-2H3,(H,26,29)(H,27,30). The monoisotopic (exact) mass is 451 g/mol. The molecule has 0 saturated heterocycles. The molecule has 10 heteroatoms. The van der Waals surface area contributed by atoms with Gasteiger partial charge in [0, 0.05) is 12.6 Å². The number of aryl methyl sites for hydroxylation is 1. The fourth-order valence-corrected chi connectivity index (χ4v) is 2.96. The zero-order valence-corrected chi connectivity index (χ0v) is 17.6. The summed E-state index contributed by atoms with van der Waals surface area (Å²) in [4.78, 5) is 48.5. The third kappa shape index (κ3) is 7.07. The highest BCUT2D eigenvalue weighted by Gasteiger charge is 2.44. The van der Waals surface area contributed by atoms with Crippen molar-refractivity contribution in [2.24, 2.45) is 5.92 Å². The van der Waals surface area contributed by atoms with E-state index in [4.69, 9.17) is 0 Å². The van der Waals surface area contributed by atoms with Crippen molar-refractivity contribution >= 4 is 23.3 Å². The number of amides is 2. The van der Waals surface area contributed by atoms with Crippen LogP contribution in [0.4, 0.5) is 18.9 Å². The van der Waals surface area contributed by atoms with Gasteiger partial charge in [-0.15, -0.1) is 0 Å². The van der Waals surface area contributed by atoms with Crippen molar-refractivity contribution < 1.29 is 27.6 Å². The van der Waals surface area contributed by atoms with Gasteiger partial charge in [0.25, 0.3) is 11.3 Å². The number of carbonyl (C=O) groups is 3. The molecule has 32 heavy (non-hydrogen) atoms. The number of carbonyl (C=O) groups excluding carboxylic acids is 3. The van der Waals surface area contributed by atoms with Crippen molar-refractivity contribution in [3.05, 3.63) is 64.6 Å². The molecule has 0 radical (unpaired) electrons. The molecular formula is C22H24F3N3O4. The Hall–Kier alpha value is -3.43. The number of alkyl halides is 3. The number of pyridine rings is 1. The zero-order chi connectivity index (χ0) is 23.9. The molecule has 7 nitrogen and oxygen atoms in total. The van der Waals surface area contributed by atoms with E-state index >= 15 is 0 Å². The molecule has 2 aromatic rings. The van der Waals surface area contributed by atoms with E-state index in [1.54, 1.807) is 0 Å². The van der Waals surface area contributed by atoms with E-state index < -0.39 is 47.8 Å². The summed E-state index contributed by atoms with van der Waals surface area (Å²) in [7, 11) is 0. The highest BCUT2D eigenvalue weighted by atomic mass is 19.4. The number of anilines is 1. The molecule has 2 amide bonds. The summed E-state index contributed by atoms with van der Waals surface area (Å²) in [6, 6.07) is 10.3. The Morgan fingerprint density at radius 3 is 2.25 bits per heavy atom. The summed E-state index contributed by atoms with van der Waals surface area (Å²) in [5, 5.41) is 4.53. The van der Waals surface area contributed by atoms with Crippen molar-refractivity contribution in [2.75, 3.05) is 5.32 Å². The summed E-state index contributed by atoms with van der Waals surface area (Å²) >= 11 is 0. The second kappa shape index (κ2) is 10.7. The Morgan fingerprint density at radius 1 is 1.00 bits per heavy atom. The van der Waals surface area contributed by atoms with Crippen LogP contribution in [0, 0.1) is 5.92 Å². The van der Waals surface area contributed by atoms with Crippen LogP contribution in [0.1, 0.15) is 25.8 Å². The summed E-state index contributed by atoms with van der Waals surface area (Å²) < 4.78 is 39.2. The number of Topliss-reactive ketones (excluding diaryl/α,β-unsaturated/α-hetero) is 1. The van der Waals surface area contributed by atoms with Crippen molar-refractivity contribution in [2.45, 2.75) is 45.5 Å².